The molecule has 0 radical (unpaired) electrons. The minimum absolute atomic E-state index is 0.0341. The molecule has 0 unspecified atom stereocenters. The maximum absolute atomic E-state index is 13.7. The number of ether oxygens (including phenoxy) is 1. The average Bonchev–Trinajstić information content (AvgIpc) is 2.74. The molecule has 1 N–H and O–H groups in total. The fourth-order valence-corrected chi connectivity index (χ4v) is 2.75. The van der Waals surface area contributed by atoms with Crippen LogP contribution in [0.15, 0.2) is 72.8 Å². The second-order valence-electron chi connectivity index (χ2n) is 5.99. The van der Waals surface area contributed by atoms with Gasteiger partial charge in [0.25, 0.3) is 5.91 Å². The molecule has 3 aromatic rings. The van der Waals surface area contributed by atoms with E-state index in [-0.39, 0.29) is 27.6 Å². The van der Waals surface area contributed by atoms with Gasteiger partial charge in [-0.25, -0.2) is 9.18 Å². The number of hydrogen-bond donors (Lipinski definition) is 1. The Balaban J connectivity index is 1.68. The Bertz CT molecular complexity index is 1070. The van der Waals surface area contributed by atoms with Crippen molar-refractivity contribution in [3.63, 3.8) is 0 Å². The summed E-state index contributed by atoms with van der Waals surface area (Å²) in [4.78, 5) is 37.1. The number of amides is 1. The quantitative estimate of drug-likeness (QED) is 0.478. The van der Waals surface area contributed by atoms with Gasteiger partial charge in [-0.05, 0) is 24.3 Å². The molecule has 0 saturated heterocycles. The van der Waals surface area contributed by atoms with Crippen LogP contribution < -0.4 is 5.32 Å². The maximum Gasteiger partial charge on any atom is 0.339 e. The molecule has 0 bridgehead atoms. The highest BCUT2D eigenvalue weighted by Gasteiger charge is 2.20. The van der Waals surface area contributed by atoms with Gasteiger partial charge in [0.2, 0.25) is 0 Å². The van der Waals surface area contributed by atoms with Crippen molar-refractivity contribution in [2.45, 2.75) is 0 Å². The Morgan fingerprint density at radius 1 is 0.897 bits per heavy atom. The van der Waals surface area contributed by atoms with Crippen LogP contribution in [-0.2, 0) is 9.53 Å². The number of hydrogen-bond acceptors (Lipinski definition) is 4. The highest BCUT2D eigenvalue weighted by Crippen LogP contribution is 2.19. The van der Waals surface area contributed by atoms with Crippen LogP contribution in [0.25, 0.3) is 0 Å². The summed E-state index contributed by atoms with van der Waals surface area (Å²) in [5, 5.41) is 2.48. The van der Waals surface area contributed by atoms with Crippen LogP contribution in [0.3, 0.4) is 0 Å². The van der Waals surface area contributed by atoms with Crippen molar-refractivity contribution in [1.82, 2.24) is 0 Å². The molecule has 0 aromatic heterocycles. The largest absolute Gasteiger partial charge is 0.452 e. The van der Waals surface area contributed by atoms with Gasteiger partial charge in [0, 0.05) is 16.1 Å². The highest BCUT2D eigenvalue weighted by molar-refractivity contribution is 6.30. The topological polar surface area (TPSA) is 72.5 Å². The van der Waals surface area contributed by atoms with Crippen LogP contribution in [0.5, 0.6) is 0 Å². The van der Waals surface area contributed by atoms with Crippen molar-refractivity contribution in [1.29, 1.82) is 0 Å². The third kappa shape index (κ3) is 5.06. The van der Waals surface area contributed by atoms with E-state index in [4.69, 9.17) is 16.3 Å². The van der Waals surface area contributed by atoms with E-state index in [0.717, 1.165) is 6.07 Å². The Hall–Kier alpha value is -3.51. The Kier molecular flexibility index (Phi) is 6.36. The second-order valence-corrected chi connectivity index (χ2v) is 6.43. The lowest BCUT2D eigenvalue weighted by Crippen LogP contribution is -2.22. The first-order valence-corrected chi connectivity index (χ1v) is 8.94. The smallest absolute Gasteiger partial charge is 0.339 e. The van der Waals surface area contributed by atoms with Crippen LogP contribution in [0.1, 0.15) is 26.3 Å². The molecule has 3 rings (SSSR count). The van der Waals surface area contributed by atoms with Gasteiger partial charge in [-0.2, -0.15) is 0 Å². The van der Waals surface area contributed by atoms with Crippen LogP contribution in [0.2, 0.25) is 5.02 Å². The molecule has 0 fully saturated rings. The number of carbonyl (C=O) groups is 3. The number of benzene rings is 3. The summed E-state index contributed by atoms with van der Waals surface area (Å²) >= 11 is 5.66. The molecule has 7 heteroatoms. The predicted molar refractivity (Wildman–Crippen MR) is 107 cm³/mol. The van der Waals surface area contributed by atoms with E-state index in [2.05, 4.69) is 5.32 Å². The third-order valence-corrected chi connectivity index (χ3v) is 4.20. The number of esters is 1. The fourth-order valence-electron chi connectivity index (χ4n) is 2.59. The summed E-state index contributed by atoms with van der Waals surface area (Å²) in [6.07, 6.45) is 0. The summed E-state index contributed by atoms with van der Waals surface area (Å²) in [6.45, 7) is -0.644. The summed E-state index contributed by atoms with van der Waals surface area (Å²) in [7, 11) is 0. The fraction of sp³-hybridized carbons (Fsp3) is 0.0455. The summed E-state index contributed by atoms with van der Waals surface area (Å²) in [6, 6.07) is 18.4. The molecule has 0 saturated carbocycles. The van der Waals surface area contributed by atoms with Crippen LogP contribution in [-0.4, -0.2) is 24.3 Å². The molecule has 0 spiro atoms. The molecule has 3 aromatic carbocycles. The molecule has 0 aliphatic heterocycles. The van der Waals surface area contributed by atoms with Crippen molar-refractivity contribution in [3.05, 3.63) is 100 Å². The Labute approximate surface area is 171 Å². The first kappa shape index (κ1) is 20.2. The number of nitrogens with one attached hydrogen (secondary N) is 1. The standard InChI is InChI=1S/C22H15ClFNO4/c23-15-10-11-19(18(24)12-15)25-20(26)13-29-22(28)17-9-5-4-8-16(17)21(27)14-6-2-1-3-7-14/h1-12H,13H2,(H,25,26). The predicted octanol–water partition coefficient (Wildman–Crippen LogP) is 4.51. The summed E-state index contributed by atoms with van der Waals surface area (Å²) in [5.41, 5.74) is 0.526. The average molecular weight is 412 g/mol. The zero-order valence-corrected chi connectivity index (χ0v) is 15.8. The van der Waals surface area contributed by atoms with E-state index in [1.807, 2.05) is 0 Å². The van der Waals surface area contributed by atoms with Gasteiger partial charge in [-0.3, -0.25) is 9.59 Å². The van der Waals surface area contributed by atoms with Crippen molar-refractivity contribution in [2.24, 2.45) is 0 Å². The van der Waals surface area contributed by atoms with Gasteiger partial charge in [-0.15, -0.1) is 0 Å². The number of rotatable bonds is 6. The van der Waals surface area contributed by atoms with E-state index < -0.39 is 24.3 Å². The van der Waals surface area contributed by atoms with Crippen molar-refractivity contribution in [2.75, 3.05) is 11.9 Å². The van der Waals surface area contributed by atoms with E-state index in [1.165, 1.54) is 24.3 Å². The van der Waals surface area contributed by atoms with Gasteiger partial charge in [0.1, 0.15) is 5.82 Å². The highest BCUT2D eigenvalue weighted by atomic mass is 35.5. The van der Waals surface area contributed by atoms with Gasteiger partial charge in [0.05, 0.1) is 11.3 Å². The van der Waals surface area contributed by atoms with Gasteiger partial charge in [0.15, 0.2) is 12.4 Å². The third-order valence-electron chi connectivity index (χ3n) is 3.97. The van der Waals surface area contributed by atoms with Crippen LogP contribution >= 0.6 is 11.6 Å². The first-order chi connectivity index (χ1) is 14.0. The molecule has 0 heterocycles. The molecular weight excluding hydrogens is 397 g/mol. The summed E-state index contributed by atoms with van der Waals surface area (Å²) in [5.74, 6) is -2.62. The van der Waals surface area contributed by atoms with Crippen molar-refractivity contribution >= 4 is 34.9 Å². The maximum atomic E-state index is 13.7. The minimum Gasteiger partial charge on any atom is -0.452 e. The Morgan fingerprint density at radius 3 is 2.24 bits per heavy atom. The minimum atomic E-state index is -0.836. The lowest BCUT2D eigenvalue weighted by atomic mass is 9.98. The number of halogens is 2. The molecule has 146 valence electrons. The first-order valence-electron chi connectivity index (χ1n) is 8.56. The lowest BCUT2D eigenvalue weighted by Gasteiger charge is -2.10. The molecule has 0 atom stereocenters. The van der Waals surface area contributed by atoms with Gasteiger partial charge in [-0.1, -0.05) is 60.1 Å². The van der Waals surface area contributed by atoms with E-state index in [0.29, 0.717) is 5.56 Å². The van der Waals surface area contributed by atoms with E-state index >= 15 is 0 Å². The molecular formula is C22H15ClFNO4. The second kappa shape index (κ2) is 9.12. The SMILES string of the molecule is O=C(COC(=O)c1ccccc1C(=O)c1ccccc1)Nc1ccc(Cl)cc1F. The van der Waals surface area contributed by atoms with Gasteiger partial charge < -0.3 is 10.1 Å². The molecule has 5 nitrogen and oxygen atoms in total. The number of carbonyl (C=O) groups excluding carboxylic acids is 3. The Morgan fingerprint density at radius 2 is 1.55 bits per heavy atom. The zero-order chi connectivity index (χ0) is 20.8. The van der Waals surface area contributed by atoms with E-state index in [1.54, 1.807) is 42.5 Å². The zero-order valence-electron chi connectivity index (χ0n) is 15.0. The van der Waals surface area contributed by atoms with Crippen molar-refractivity contribution < 1.29 is 23.5 Å². The molecule has 29 heavy (non-hydrogen) atoms. The molecule has 0 aliphatic rings. The molecule has 0 aliphatic carbocycles. The number of ketones is 1. The summed E-state index contributed by atoms with van der Waals surface area (Å²) < 4.78 is 18.7. The number of anilines is 1. The van der Waals surface area contributed by atoms with Crippen LogP contribution in [0.4, 0.5) is 10.1 Å². The van der Waals surface area contributed by atoms with Crippen molar-refractivity contribution in [3.8, 4) is 0 Å². The van der Waals surface area contributed by atoms with E-state index in [9.17, 15) is 18.8 Å². The van der Waals surface area contributed by atoms with Gasteiger partial charge >= 0.3 is 5.97 Å². The van der Waals surface area contributed by atoms with Crippen LogP contribution in [0, 0.1) is 5.82 Å². The monoisotopic (exact) mass is 411 g/mol. The normalized spacial score (nSPS) is 10.3. The molecule has 1 amide bonds. The lowest BCUT2D eigenvalue weighted by molar-refractivity contribution is -0.119.